The summed E-state index contributed by atoms with van der Waals surface area (Å²) in [5.41, 5.74) is 1.28. The van der Waals surface area contributed by atoms with Gasteiger partial charge in [0.25, 0.3) is 0 Å². The quantitative estimate of drug-likeness (QED) is 0.740. The first-order valence-electron chi connectivity index (χ1n) is 6.51. The predicted molar refractivity (Wildman–Crippen MR) is 66.8 cm³/mol. The molecule has 3 heteroatoms. The highest BCUT2D eigenvalue weighted by Gasteiger charge is 2.33. The molecule has 2 heterocycles. The van der Waals surface area contributed by atoms with Crippen molar-refractivity contribution >= 4 is 5.90 Å². The fourth-order valence-corrected chi connectivity index (χ4v) is 2.76. The van der Waals surface area contributed by atoms with Crippen LogP contribution in [0.3, 0.4) is 0 Å². The molecule has 1 aromatic rings. The van der Waals surface area contributed by atoms with Crippen molar-refractivity contribution in [3.05, 3.63) is 47.9 Å². The zero-order valence-corrected chi connectivity index (χ0v) is 10.3. The van der Waals surface area contributed by atoms with Crippen molar-refractivity contribution in [2.45, 2.75) is 25.8 Å². The molecular formula is C15H17NO2. The summed E-state index contributed by atoms with van der Waals surface area (Å²) in [7, 11) is 0. The van der Waals surface area contributed by atoms with E-state index in [2.05, 4.69) is 28.8 Å². The molecule has 0 bridgehead atoms. The minimum atomic E-state index is 0.116. The Bertz CT molecular complexity index is 490. The van der Waals surface area contributed by atoms with Crippen LogP contribution in [0.2, 0.25) is 0 Å². The van der Waals surface area contributed by atoms with Crippen molar-refractivity contribution < 1.29 is 14.4 Å². The number of fused-ring (bicyclic) bond motifs is 1. The molecule has 2 aliphatic heterocycles. The number of rotatable bonds is 2. The molecule has 0 N–H and O–H groups in total. The van der Waals surface area contributed by atoms with Crippen LogP contribution in [0.1, 0.15) is 24.8 Å². The monoisotopic (exact) mass is 243 g/mol. The van der Waals surface area contributed by atoms with E-state index in [0.29, 0.717) is 12.3 Å². The van der Waals surface area contributed by atoms with Crippen molar-refractivity contribution in [1.29, 1.82) is 0 Å². The molecule has 0 saturated carbocycles. The van der Waals surface area contributed by atoms with Crippen LogP contribution in [0.15, 0.2) is 42.4 Å². The maximum Gasteiger partial charge on any atom is 0.344 e. The largest absolute Gasteiger partial charge is 0.873 e. The Balaban J connectivity index is 1.86. The molecule has 0 fully saturated rings. The number of nitrogens with zero attached hydrogens (tertiary/aromatic N) is 1. The topological polar surface area (TPSA) is 35.3 Å². The van der Waals surface area contributed by atoms with Crippen LogP contribution in [-0.2, 0) is 11.3 Å². The lowest BCUT2D eigenvalue weighted by Crippen LogP contribution is -2.37. The average molecular weight is 243 g/mol. The Labute approximate surface area is 107 Å². The average Bonchev–Trinajstić information content (AvgIpc) is 2.40. The number of ether oxygens (including phenoxy) is 1. The predicted octanol–water partition coefficient (Wildman–Crippen LogP) is 1.63. The summed E-state index contributed by atoms with van der Waals surface area (Å²) < 4.78 is 7.82. The fraction of sp³-hybridized carbons (Fsp3) is 0.400. The Morgan fingerprint density at radius 2 is 2.11 bits per heavy atom. The number of hydrogen-bond donors (Lipinski definition) is 0. The lowest BCUT2D eigenvalue weighted by Gasteiger charge is -2.28. The molecule has 94 valence electrons. The smallest absolute Gasteiger partial charge is 0.344 e. The molecule has 3 nitrogen and oxygen atoms in total. The minimum Gasteiger partial charge on any atom is -0.873 e. The maximum atomic E-state index is 11.4. The zero-order chi connectivity index (χ0) is 12.4. The lowest BCUT2D eigenvalue weighted by atomic mass is 9.94. The molecule has 0 radical (unpaired) electrons. The summed E-state index contributed by atoms with van der Waals surface area (Å²) in [5.74, 6) is 1.40. The van der Waals surface area contributed by atoms with Crippen molar-refractivity contribution in [3.8, 4) is 0 Å². The second kappa shape index (κ2) is 4.84. The first-order chi connectivity index (χ1) is 8.83. The van der Waals surface area contributed by atoms with Gasteiger partial charge < -0.3 is 9.84 Å². The van der Waals surface area contributed by atoms with Crippen LogP contribution in [0.25, 0.3) is 0 Å². The highest BCUT2D eigenvalue weighted by molar-refractivity contribution is 5.76. The molecule has 18 heavy (non-hydrogen) atoms. The molecule has 3 rings (SSSR count). The molecule has 0 spiro atoms. The van der Waals surface area contributed by atoms with Gasteiger partial charge in [-0.05, 0) is 12.8 Å². The Hall–Kier alpha value is -1.77. The highest BCUT2D eigenvalue weighted by atomic mass is 16.5. The van der Waals surface area contributed by atoms with Gasteiger partial charge in [0.15, 0.2) is 6.54 Å². The van der Waals surface area contributed by atoms with Gasteiger partial charge >= 0.3 is 5.90 Å². The molecular weight excluding hydrogens is 226 g/mol. The van der Waals surface area contributed by atoms with Gasteiger partial charge in [-0.25, -0.2) is 0 Å². The van der Waals surface area contributed by atoms with E-state index in [1.807, 2.05) is 6.07 Å². The molecule has 1 aromatic carbocycles. The number of benzene rings is 1. The van der Waals surface area contributed by atoms with E-state index in [-0.39, 0.29) is 5.76 Å². The first kappa shape index (κ1) is 11.3. The van der Waals surface area contributed by atoms with Gasteiger partial charge in [0.1, 0.15) is 6.54 Å². The molecule has 2 aliphatic rings. The van der Waals surface area contributed by atoms with Crippen LogP contribution in [0.4, 0.5) is 0 Å². The third-order valence-corrected chi connectivity index (χ3v) is 3.62. The minimum absolute atomic E-state index is 0.116. The molecule has 0 aliphatic carbocycles. The van der Waals surface area contributed by atoms with E-state index in [9.17, 15) is 5.11 Å². The summed E-state index contributed by atoms with van der Waals surface area (Å²) in [6, 6.07) is 10.4. The third kappa shape index (κ3) is 2.26. The van der Waals surface area contributed by atoms with Crippen molar-refractivity contribution in [2.24, 2.45) is 5.92 Å². The van der Waals surface area contributed by atoms with Crippen LogP contribution in [0.5, 0.6) is 0 Å². The van der Waals surface area contributed by atoms with E-state index in [0.717, 1.165) is 31.8 Å². The highest BCUT2D eigenvalue weighted by Crippen LogP contribution is 2.25. The summed E-state index contributed by atoms with van der Waals surface area (Å²) in [5, 5.41) is 11.4. The molecule has 1 atom stereocenters. The van der Waals surface area contributed by atoms with E-state index >= 15 is 0 Å². The van der Waals surface area contributed by atoms with Crippen LogP contribution >= 0.6 is 0 Å². The SMILES string of the molecule is [O-]C1=COC2=[N+](Cc3ccccc3)CCCC2C1. The Morgan fingerprint density at radius 3 is 2.94 bits per heavy atom. The van der Waals surface area contributed by atoms with E-state index in [4.69, 9.17) is 4.74 Å². The zero-order valence-electron chi connectivity index (χ0n) is 10.3. The summed E-state index contributed by atoms with van der Waals surface area (Å²) in [6.45, 7) is 1.89. The normalized spacial score (nSPS) is 23.1. The van der Waals surface area contributed by atoms with Crippen LogP contribution in [0, 0.1) is 5.92 Å². The molecule has 1 unspecified atom stereocenters. The van der Waals surface area contributed by atoms with Gasteiger partial charge in [-0.2, -0.15) is 4.58 Å². The van der Waals surface area contributed by atoms with Gasteiger partial charge in [0.2, 0.25) is 0 Å². The van der Waals surface area contributed by atoms with Crippen molar-refractivity contribution in [1.82, 2.24) is 0 Å². The van der Waals surface area contributed by atoms with E-state index in [1.165, 1.54) is 11.8 Å². The fourth-order valence-electron chi connectivity index (χ4n) is 2.76. The maximum absolute atomic E-state index is 11.4. The molecule has 0 amide bonds. The van der Waals surface area contributed by atoms with Crippen molar-refractivity contribution in [2.75, 3.05) is 6.54 Å². The summed E-state index contributed by atoms with van der Waals surface area (Å²) in [4.78, 5) is 0. The van der Waals surface area contributed by atoms with Gasteiger partial charge in [-0.1, -0.05) is 36.1 Å². The van der Waals surface area contributed by atoms with Gasteiger partial charge in [0.05, 0.1) is 12.2 Å². The van der Waals surface area contributed by atoms with E-state index < -0.39 is 0 Å². The second-order valence-corrected chi connectivity index (χ2v) is 4.99. The first-order valence-corrected chi connectivity index (χ1v) is 6.51. The summed E-state index contributed by atoms with van der Waals surface area (Å²) >= 11 is 0. The van der Waals surface area contributed by atoms with Crippen LogP contribution < -0.4 is 5.11 Å². The Morgan fingerprint density at radius 1 is 1.28 bits per heavy atom. The van der Waals surface area contributed by atoms with Gasteiger partial charge in [-0.15, -0.1) is 0 Å². The number of hydrogen-bond acceptors (Lipinski definition) is 2. The molecule has 0 aromatic heterocycles. The van der Waals surface area contributed by atoms with Gasteiger partial charge in [-0.3, -0.25) is 0 Å². The van der Waals surface area contributed by atoms with E-state index in [1.54, 1.807) is 0 Å². The second-order valence-electron chi connectivity index (χ2n) is 4.99. The molecule has 0 saturated heterocycles. The van der Waals surface area contributed by atoms with Gasteiger partial charge in [0, 0.05) is 12.0 Å². The lowest BCUT2D eigenvalue weighted by molar-refractivity contribution is -0.559. The van der Waals surface area contributed by atoms with Crippen molar-refractivity contribution in [3.63, 3.8) is 0 Å². The Kier molecular flexibility index (Phi) is 3.05. The summed E-state index contributed by atoms with van der Waals surface area (Å²) in [6.07, 6.45) is 4.19. The van der Waals surface area contributed by atoms with Crippen LogP contribution in [-0.4, -0.2) is 17.0 Å². The standard InChI is InChI=1S/C15H17NO2/c17-14-9-13-7-4-8-16(15(13)18-11-14)10-12-5-2-1-3-6-12/h1-3,5-6,11,13H,4,7-10H2. The third-order valence-electron chi connectivity index (χ3n) is 3.62. The number of allylic oxidation sites excluding steroid dienone is 1.